The highest BCUT2D eigenvalue weighted by Crippen LogP contribution is 2.28. The molecule has 8 nitrogen and oxygen atoms in total. The Kier molecular flexibility index (Phi) is 5.51. The number of esters is 1. The molecule has 0 bridgehead atoms. The van der Waals surface area contributed by atoms with Crippen molar-refractivity contribution in [3.05, 3.63) is 64.7 Å². The van der Waals surface area contributed by atoms with E-state index in [0.717, 1.165) is 11.2 Å². The van der Waals surface area contributed by atoms with Crippen LogP contribution in [0.3, 0.4) is 0 Å². The minimum absolute atomic E-state index is 0.208. The van der Waals surface area contributed by atoms with E-state index in [2.05, 4.69) is 10.1 Å². The summed E-state index contributed by atoms with van der Waals surface area (Å²) >= 11 is 6.00. The van der Waals surface area contributed by atoms with Gasteiger partial charge in [0.1, 0.15) is 23.2 Å². The van der Waals surface area contributed by atoms with Crippen molar-refractivity contribution in [1.29, 1.82) is 0 Å². The van der Waals surface area contributed by atoms with E-state index in [1.54, 1.807) is 40.9 Å². The van der Waals surface area contributed by atoms with Gasteiger partial charge in [-0.3, -0.25) is 0 Å². The third kappa shape index (κ3) is 3.84. The fourth-order valence-corrected chi connectivity index (χ4v) is 3.66. The summed E-state index contributed by atoms with van der Waals surface area (Å²) < 4.78 is 12.8. The van der Waals surface area contributed by atoms with E-state index in [9.17, 15) is 15.0 Å². The SMILES string of the molecule is Cc1nc(C[C@@H]2O[C@H](CO)[C@@H](OC(=O)c3ccccc3)[C@H]2O)n2nc(Cl)ccc12. The summed E-state index contributed by atoms with van der Waals surface area (Å²) in [5.74, 6) is -0.0383. The number of aliphatic hydroxyl groups excluding tert-OH is 2. The van der Waals surface area contributed by atoms with Crippen LogP contribution in [-0.4, -0.2) is 61.8 Å². The second kappa shape index (κ2) is 8.08. The van der Waals surface area contributed by atoms with Crippen molar-refractivity contribution in [2.75, 3.05) is 6.61 Å². The van der Waals surface area contributed by atoms with E-state index in [0.29, 0.717) is 16.5 Å². The Morgan fingerprint density at radius 1 is 1.24 bits per heavy atom. The molecule has 3 aromatic rings. The number of hydrogen-bond acceptors (Lipinski definition) is 7. The summed E-state index contributed by atoms with van der Waals surface area (Å²) in [4.78, 5) is 16.9. The molecule has 0 amide bonds. The Balaban J connectivity index is 1.54. The fraction of sp³-hybridized carbons (Fsp3) is 0.350. The van der Waals surface area contributed by atoms with Crippen molar-refractivity contribution < 1.29 is 24.5 Å². The Morgan fingerprint density at radius 3 is 2.72 bits per heavy atom. The Labute approximate surface area is 171 Å². The zero-order valence-corrected chi connectivity index (χ0v) is 16.4. The molecule has 1 fully saturated rings. The molecule has 4 rings (SSSR count). The first kappa shape index (κ1) is 19.8. The number of nitrogens with zero attached hydrogens (tertiary/aromatic N) is 3. The Hall–Kier alpha value is -2.52. The predicted molar refractivity (Wildman–Crippen MR) is 104 cm³/mol. The van der Waals surface area contributed by atoms with Crippen LogP contribution < -0.4 is 0 Å². The van der Waals surface area contributed by atoms with Crippen LogP contribution in [0.5, 0.6) is 0 Å². The number of aryl methyl sites for hydroxylation is 1. The van der Waals surface area contributed by atoms with Gasteiger partial charge in [-0.2, -0.15) is 5.10 Å². The smallest absolute Gasteiger partial charge is 0.338 e. The summed E-state index contributed by atoms with van der Waals surface area (Å²) in [6.45, 7) is 1.45. The van der Waals surface area contributed by atoms with Crippen LogP contribution in [-0.2, 0) is 15.9 Å². The molecule has 152 valence electrons. The molecule has 1 aliphatic rings. The number of fused-ring (bicyclic) bond motifs is 1. The van der Waals surface area contributed by atoms with Gasteiger partial charge < -0.3 is 19.7 Å². The molecule has 2 N–H and O–H groups in total. The number of hydrogen-bond donors (Lipinski definition) is 2. The number of aromatic nitrogens is 3. The van der Waals surface area contributed by atoms with Crippen molar-refractivity contribution in [1.82, 2.24) is 14.6 Å². The number of carbonyl (C=O) groups excluding carboxylic acids is 1. The third-order valence-corrected chi connectivity index (χ3v) is 5.17. The van der Waals surface area contributed by atoms with Crippen LogP contribution in [0.25, 0.3) is 5.52 Å². The van der Waals surface area contributed by atoms with Crippen molar-refractivity contribution in [3.8, 4) is 0 Å². The van der Waals surface area contributed by atoms with Gasteiger partial charge in [-0.1, -0.05) is 29.8 Å². The summed E-state index contributed by atoms with van der Waals surface area (Å²) in [5, 5.41) is 25.0. The van der Waals surface area contributed by atoms with Gasteiger partial charge in [-0.25, -0.2) is 14.3 Å². The lowest BCUT2D eigenvalue weighted by Gasteiger charge is -2.19. The summed E-state index contributed by atoms with van der Waals surface area (Å²) in [5.41, 5.74) is 1.92. The van der Waals surface area contributed by atoms with Gasteiger partial charge in [0, 0.05) is 6.42 Å². The maximum Gasteiger partial charge on any atom is 0.338 e. The van der Waals surface area contributed by atoms with Gasteiger partial charge in [0.15, 0.2) is 6.10 Å². The topological polar surface area (TPSA) is 106 Å². The van der Waals surface area contributed by atoms with Crippen LogP contribution >= 0.6 is 11.6 Å². The highest BCUT2D eigenvalue weighted by molar-refractivity contribution is 6.29. The largest absolute Gasteiger partial charge is 0.453 e. The average Bonchev–Trinajstić information content (AvgIpc) is 3.19. The normalized spacial score (nSPS) is 24.1. The number of carbonyl (C=O) groups is 1. The molecule has 1 aliphatic heterocycles. The van der Waals surface area contributed by atoms with Gasteiger partial charge in [-0.05, 0) is 31.2 Å². The van der Waals surface area contributed by atoms with Crippen LogP contribution in [0.1, 0.15) is 21.9 Å². The number of benzene rings is 1. The Morgan fingerprint density at radius 2 is 2.00 bits per heavy atom. The molecule has 4 atom stereocenters. The van der Waals surface area contributed by atoms with E-state index in [1.807, 2.05) is 13.0 Å². The zero-order chi connectivity index (χ0) is 20.5. The molecule has 0 unspecified atom stereocenters. The van der Waals surface area contributed by atoms with E-state index in [-0.39, 0.29) is 6.42 Å². The molecule has 1 aromatic carbocycles. The van der Waals surface area contributed by atoms with Crippen LogP contribution in [0.4, 0.5) is 0 Å². The molecular formula is C20H20ClN3O5. The summed E-state index contributed by atoms with van der Waals surface area (Å²) in [7, 11) is 0. The van der Waals surface area contributed by atoms with Crippen LogP contribution in [0, 0.1) is 6.92 Å². The van der Waals surface area contributed by atoms with E-state index in [4.69, 9.17) is 21.1 Å². The quantitative estimate of drug-likeness (QED) is 0.607. The summed E-state index contributed by atoms with van der Waals surface area (Å²) in [6, 6.07) is 11.9. The first-order valence-corrected chi connectivity index (χ1v) is 9.57. The maximum absolute atomic E-state index is 12.4. The van der Waals surface area contributed by atoms with Gasteiger partial charge >= 0.3 is 5.97 Å². The fourth-order valence-electron chi connectivity index (χ4n) is 3.52. The molecule has 29 heavy (non-hydrogen) atoms. The number of rotatable bonds is 5. The van der Waals surface area contributed by atoms with Gasteiger partial charge in [0.25, 0.3) is 0 Å². The highest BCUT2D eigenvalue weighted by atomic mass is 35.5. The molecule has 0 radical (unpaired) electrons. The first-order valence-electron chi connectivity index (χ1n) is 9.19. The first-order chi connectivity index (χ1) is 14.0. The lowest BCUT2D eigenvalue weighted by molar-refractivity contribution is -0.0360. The molecule has 3 heterocycles. The zero-order valence-electron chi connectivity index (χ0n) is 15.6. The molecule has 2 aromatic heterocycles. The minimum Gasteiger partial charge on any atom is -0.453 e. The molecule has 0 spiro atoms. The monoisotopic (exact) mass is 417 g/mol. The summed E-state index contributed by atoms with van der Waals surface area (Å²) in [6.07, 6.45) is -3.49. The number of halogens is 1. The van der Waals surface area contributed by atoms with Crippen molar-refractivity contribution in [3.63, 3.8) is 0 Å². The van der Waals surface area contributed by atoms with Crippen molar-refractivity contribution >= 4 is 23.1 Å². The van der Waals surface area contributed by atoms with Crippen LogP contribution in [0.2, 0.25) is 5.15 Å². The number of imidazole rings is 1. The number of aliphatic hydroxyl groups is 2. The number of ether oxygens (including phenoxy) is 2. The standard InChI is InChI=1S/C20H20ClN3O5/c1-11-13-7-8-16(21)23-24(13)17(22-11)9-14-18(26)19(15(10-25)28-14)29-20(27)12-5-3-2-4-6-12/h2-8,14-15,18-19,25-26H,9-10H2,1H3/t14-,15+,18-,19+/m0/s1. The van der Waals surface area contributed by atoms with Gasteiger partial charge in [0.05, 0.1) is 29.5 Å². The predicted octanol–water partition coefficient (Wildman–Crippen LogP) is 1.58. The van der Waals surface area contributed by atoms with E-state index >= 15 is 0 Å². The van der Waals surface area contributed by atoms with E-state index in [1.165, 1.54) is 0 Å². The van der Waals surface area contributed by atoms with Gasteiger partial charge in [0.2, 0.25) is 0 Å². The molecule has 1 saturated heterocycles. The molecule has 0 aliphatic carbocycles. The third-order valence-electron chi connectivity index (χ3n) is 4.96. The second-order valence-corrected chi connectivity index (χ2v) is 7.28. The minimum atomic E-state index is -1.13. The Bertz CT molecular complexity index is 1030. The molecule has 9 heteroatoms. The lowest BCUT2D eigenvalue weighted by atomic mass is 10.1. The van der Waals surface area contributed by atoms with Crippen LogP contribution in [0.15, 0.2) is 42.5 Å². The highest BCUT2D eigenvalue weighted by Gasteiger charge is 2.46. The van der Waals surface area contributed by atoms with Crippen molar-refractivity contribution in [2.45, 2.75) is 37.8 Å². The second-order valence-electron chi connectivity index (χ2n) is 6.89. The maximum atomic E-state index is 12.4. The average molecular weight is 418 g/mol. The molecular weight excluding hydrogens is 398 g/mol. The van der Waals surface area contributed by atoms with Gasteiger partial charge in [-0.15, -0.1) is 0 Å². The van der Waals surface area contributed by atoms with Crippen molar-refractivity contribution in [2.24, 2.45) is 0 Å². The molecule has 0 saturated carbocycles. The lowest BCUT2D eigenvalue weighted by Crippen LogP contribution is -2.38. The van der Waals surface area contributed by atoms with E-state index < -0.39 is 37.0 Å².